The molecule has 1 aromatic carbocycles. The van der Waals surface area contributed by atoms with Crippen molar-refractivity contribution in [1.82, 2.24) is 9.80 Å². The fraction of sp³-hybridized carbons (Fsp3) is 0.167. The van der Waals surface area contributed by atoms with Crippen LogP contribution in [0.15, 0.2) is 30.0 Å². The van der Waals surface area contributed by atoms with Gasteiger partial charge in [0.1, 0.15) is 5.70 Å². The Morgan fingerprint density at radius 1 is 1.19 bits per heavy atom. The van der Waals surface area contributed by atoms with Crippen LogP contribution in [0.2, 0.25) is 0 Å². The van der Waals surface area contributed by atoms with Gasteiger partial charge in [-0.25, -0.2) is 4.79 Å². The van der Waals surface area contributed by atoms with Crippen LogP contribution in [0.5, 0.6) is 0 Å². The number of urea groups is 1. The van der Waals surface area contributed by atoms with Crippen molar-refractivity contribution in [2.45, 2.75) is 6.54 Å². The van der Waals surface area contributed by atoms with E-state index in [0.29, 0.717) is 12.2 Å². The maximum atomic E-state index is 11.8. The first-order valence-corrected chi connectivity index (χ1v) is 5.07. The molecule has 16 heavy (non-hydrogen) atoms. The first-order chi connectivity index (χ1) is 7.68. The summed E-state index contributed by atoms with van der Waals surface area (Å²) in [5.41, 5.74) is 2.57. The van der Waals surface area contributed by atoms with Crippen LogP contribution in [0.3, 0.4) is 0 Å². The zero-order valence-electron chi connectivity index (χ0n) is 8.80. The van der Waals surface area contributed by atoms with E-state index in [4.69, 9.17) is 0 Å². The number of hydrogen-bond donors (Lipinski definition) is 0. The molecule has 0 spiro atoms. The zero-order chi connectivity index (χ0) is 11.3. The summed E-state index contributed by atoms with van der Waals surface area (Å²) >= 11 is 0. The van der Waals surface area contributed by atoms with Gasteiger partial charge in [-0.1, -0.05) is 24.3 Å². The van der Waals surface area contributed by atoms with E-state index < -0.39 is 0 Å². The van der Waals surface area contributed by atoms with Crippen LogP contribution in [-0.4, -0.2) is 28.8 Å². The number of rotatable bonds is 0. The molecule has 1 fully saturated rings. The predicted octanol–water partition coefficient (Wildman–Crippen LogP) is 1.44. The van der Waals surface area contributed by atoms with Crippen molar-refractivity contribution in [2.75, 3.05) is 7.05 Å². The molecule has 2 aliphatic rings. The Labute approximate surface area is 92.8 Å². The lowest BCUT2D eigenvalue weighted by Crippen LogP contribution is -2.30. The smallest absolute Gasteiger partial charge is 0.284 e. The SMILES string of the molecule is CN1C(=O)C2=Cc3ccccc3CN2C1=O. The van der Waals surface area contributed by atoms with Gasteiger partial charge in [0.2, 0.25) is 0 Å². The Kier molecular flexibility index (Phi) is 1.68. The van der Waals surface area contributed by atoms with Crippen molar-refractivity contribution >= 4 is 18.0 Å². The van der Waals surface area contributed by atoms with Crippen molar-refractivity contribution in [3.05, 3.63) is 41.1 Å². The number of amides is 3. The first kappa shape index (κ1) is 9.15. The number of benzene rings is 1. The topological polar surface area (TPSA) is 40.6 Å². The number of fused-ring (bicyclic) bond motifs is 2. The van der Waals surface area contributed by atoms with E-state index in [-0.39, 0.29) is 11.9 Å². The molecule has 2 heterocycles. The Morgan fingerprint density at radius 2 is 1.94 bits per heavy atom. The van der Waals surface area contributed by atoms with Gasteiger partial charge in [-0.05, 0) is 17.2 Å². The average Bonchev–Trinajstić information content (AvgIpc) is 2.52. The molecule has 0 aliphatic carbocycles. The largest absolute Gasteiger partial charge is 0.331 e. The third kappa shape index (κ3) is 1.04. The predicted molar refractivity (Wildman–Crippen MR) is 58.1 cm³/mol. The summed E-state index contributed by atoms with van der Waals surface area (Å²) in [6, 6.07) is 7.54. The highest BCUT2D eigenvalue weighted by Gasteiger charge is 2.40. The van der Waals surface area contributed by atoms with Crippen molar-refractivity contribution in [3.8, 4) is 0 Å². The van der Waals surface area contributed by atoms with Crippen LogP contribution < -0.4 is 0 Å². The van der Waals surface area contributed by atoms with Crippen LogP contribution in [-0.2, 0) is 11.3 Å². The van der Waals surface area contributed by atoms with Gasteiger partial charge in [0.15, 0.2) is 0 Å². The summed E-state index contributed by atoms with van der Waals surface area (Å²) in [5.74, 6) is -0.223. The van der Waals surface area contributed by atoms with E-state index >= 15 is 0 Å². The standard InChI is InChI=1S/C12H10N2O2/c1-13-11(15)10-6-8-4-2-3-5-9(8)7-14(10)12(13)16/h2-6H,7H2,1H3. The fourth-order valence-corrected chi connectivity index (χ4v) is 2.09. The molecule has 4 nitrogen and oxygen atoms in total. The molecule has 0 bridgehead atoms. The molecule has 2 aliphatic heterocycles. The van der Waals surface area contributed by atoms with Crippen molar-refractivity contribution in [3.63, 3.8) is 0 Å². The van der Waals surface area contributed by atoms with E-state index in [1.54, 1.807) is 6.08 Å². The molecule has 3 amide bonds. The van der Waals surface area contributed by atoms with E-state index in [2.05, 4.69) is 0 Å². The molecular weight excluding hydrogens is 204 g/mol. The summed E-state index contributed by atoms with van der Waals surface area (Å²) in [4.78, 5) is 26.2. The first-order valence-electron chi connectivity index (χ1n) is 5.07. The molecule has 80 valence electrons. The van der Waals surface area contributed by atoms with E-state index in [9.17, 15) is 9.59 Å². The highest BCUT2D eigenvalue weighted by Crippen LogP contribution is 2.30. The van der Waals surface area contributed by atoms with E-state index in [1.165, 1.54) is 11.9 Å². The normalized spacial score (nSPS) is 18.4. The second-order valence-electron chi connectivity index (χ2n) is 3.96. The molecule has 0 aromatic heterocycles. The quantitative estimate of drug-likeness (QED) is 0.613. The van der Waals surface area contributed by atoms with Gasteiger partial charge in [-0.2, -0.15) is 0 Å². The van der Waals surface area contributed by atoms with Crippen LogP contribution in [0.25, 0.3) is 6.08 Å². The van der Waals surface area contributed by atoms with E-state index in [0.717, 1.165) is 16.0 Å². The molecular formula is C12H10N2O2. The van der Waals surface area contributed by atoms with E-state index in [1.807, 2.05) is 24.3 Å². The van der Waals surface area contributed by atoms with Gasteiger partial charge in [-0.15, -0.1) is 0 Å². The molecule has 0 radical (unpaired) electrons. The maximum absolute atomic E-state index is 11.8. The summed E-state index contributed by atoms with van der Waals surface area (Å²) in [7, 11) is 1.51. The number of hydrogen-bond acceptors (Lipinski definition) is 2. The van der Waals surface area contributed by atoms with Gasteiger partial charge in [-0.3, -0.25) is 14.6 Å². The summed E-state index contributed by atoms with van der Waals surface area (Å²) in [6.07, 6.45) is 1.78. The third-order valence-electron chi connectivity index (χ3n) is 3.01. The number of carbonyl (C=O) groups is 2. The second-order valence-corrected chi connectivity index (χ2v) is 3.96. The summed E-state index contributed by atoms with van der Waals surface area (Å²) < 4.78 is 0. The lowest BCUT2D eigenvalue weighted by molar-refractivity contribution is -0.122. The van der Waals surface area contributed by atoms with Crippen LogP contribution in [0, 0.1) is 0 Å². The molecule has 0 atom stereocenters. The Bertz CT molecular complexity index is 534. The number of likely N-dealkylation sites (N-methyl/N-ethyl adjacent to an activating group) is 1. The average molecular weight is 214 g/mol. The molecule has 1 aromatic rings. The number of imide groups is 1. The molecule has 4 heteroatoms. The highest BCUT2D eigenvalue weighted by molar-refractivity contribution is 6.14. The van der Waals surface area contributed by atoms with Crippen LogP contribution in [0.1, 0.15) is 11.1 Å². The summed E-state index contributed by atoms with van der Waals surface area (Å²) in [6.45, 7) is 0.483. The molecule has 0 unspecified atom stereocenters. The Balaban J connectivity index is 2.15. The van der Waals surface area contributed by atoms with Crippen LogP contribution in [0.4, 0.5) is 4.79 Å². The van der Waals surface area contributed by atoms with Gasteiger partial charge in [0.05, 0.1) is 6.54 Å². The fourth-order valence-electron chi connectivity index (χ4n) is 2.09. The maximum Gasteiger partial charge on any atom is 0.331 e. The zero-order valence-corrected chi connectivity index (χ0v) is 8.80. The molecule has 0 N–H and O–H groups in total. The number of nitrogens with zero attached hydrogens (tertiary/aromatic N) is 2. The minimum atomic E-state index is -0.245. The highest BCUT2D eigenvalue weighted by atomic mass is 16.2. The lowest BCUT2D eigenvalue weighted by Gasteiger charge is -2.21. The molecule has 1 saturated heterocycles. The third-order valence-corrected chi connectivity index (χ3v) is 3.01. The monoisotopic (exact) mass is 214 g/mol. The van der Waals surface area contributed by atoms with Crippen LogP contribution >= 0.6 is 0 Å². The lowest BCUT2D eigenvalue weighted by atomic mass is 10.0. The van der Waals surface area contributed by atoms with Gasteiger partial charge >= 0.3 is 6.03 Å². The van der Waals surface area contributed by atoms with Gasteiger partial charge in [0, 0.05) is 7.05 Å². The Hall–Kier alpha value is -2.10. The van der Waals surface area contributed by atoms with Crippen molar-refractivity contribution < 1.29 is 9.59 Å². The Morgan fingerprint density at radius 3 is 2.75 bits per heavy atom. The van der Waals surface area contributed by atoms with Crippen molar-refractivity contribution in [2.24, 2.45) is 0 Å². The molecule has 3 rings (SSSR count). The molecule has 0 saturated carbocycles. The summed E-state index contributed by atoms with van der Waals surface area (Å²) in [5, 5.41) is 0. The van der Waals surface area contributed by atoms with Crippen molar-refractivity contribution in [1.29, 1.82) is 0 Å². The van der Waals surface area contributed by atoms with Gasteiger partial charge < -0.3 is 0 Å². The minimum absolute atomic E-state index is 0.223. The minimum Gasteiger partial charge on any atom is -0.284 e. The number of carbonyl (C=O) groups excluding carboxylic acids is 2. The van der Waals surface area contributed by atoms with Gasteiger partial charge in [0.25, 0.3) is 5.91 Å². The second kappa shape index (κ2) is 2.95.